The smallest absolute Gasteiger partial charge is 0.386 e. The van der Waals surface area contributed by atoms with Crippen LogP contribution in [0.3, 0.4) is 0 Å². The lowest BCUT2D eigenvalue weighted by atomic mass is 9.66. The molecule has 2 aliphatic heterocycles. The van der Waals surface area contributed by atoms with Crippen molar-refractivity contribution in [1.82, 2.24) is 0 Å². The van der Waals surface area contributed by atoms with Crippen molar-refractivity contribution in [3.63, 3.8) is 0 Å². The number of ether oxygens (including phenoxy) is 2. The van der Waals surface area contributed by atoms with E-state index in [-0.39, 0.29) is 11.1 Å². The Morgan fingerprint density at radius 1 is 0.556 bits per heavy atom. The Labute approximate surface area is 199 Å². The molecular formula is C24H16F6O6. The van der Waals surface area contributed by atoms with E-state index in [0.717, 1.165) is 34.6 Å². The minimum Gasteiger partial charge on any atom is -0.386 e. The molecule has 0 saturated heterocycles. The van der Waals surface area contributed by atoms with Crippen molar-refractivity contribution in [3.05, 3.63) is 67.3 Å². The zero-order chi connectivity index (χ0) is 27.3. The van der Waals surface area contributed by atoms with Crippen molar-refractivity contribution >= 4 is 23.9 Å². The van der Waals surface area contributed by atoms with E-state index in [1.54, 1.807) is 0 Å². The van der Waals surface area contributed by atoms with Crippen LogP contribution in [0.4, 0.5) is 26.3 Å². The monoisotopic (exact) mass is 514 g/mol. The van der Waals surface area contributed by atoms with Gasteiger partial charge in [0.15, 0.2) is 0 Å². The average molecular weight is 514 g/mol. The van der Waals surface area contributed by atoms with Gasteiger partial charge in [0.25, 0.3) is 0 Å². The van der Waals surface area contributed by atoms with E-state index < -0.39 is 91.7 Å². The standard InChI is InChI=1S/C24H16F6O6/c1-7-8(2)14-12(18(31)35-19(14)32)6-13(7)22(23(25,26)27,24(28,29)30)17-10(4)9(3)15-16(11(17)5)21(34)36-20(15)33/h6H,1-5H3. The van der Waals surface area contributed by atoms with E-state index >= 15 is 26.3 Å². The molecule has 0 fully saturated rings. The highest BCUT2D eigenvalue weighted by Crippen LogP contribution is 2.60. The van der Waals surface area contributed by atoms with Gasteiger partial charge in [0.05, 0.1) is 22.3 Å². The second kappa shape index (κ2) is 7.40. The molecule has 0 unspecified atom stereocenters. The number of rotatable bonds is 2. The van der Waals surface area contributed by atoms with Crippen LogP contribution in [-0.2, 0) is 14.9 Å². The summed E-state index contributed by atoms with van der Waals surface area (Å²) < 4.78 is 99.0. The normalized spacial score (nSPS) is 15.8. The lowest BCUT2D eigenvalue weighted by molar-refractivity contribution is -0.289. The number of benzene rings is 2. The number of carbonyl (C=O) groups excluding carboxylic acids is 4. The summed E-state index contributed by atoms with van der Waals surface area (Å²) in [6, 6.07) is 0.372. The highest BCUT2D eigenvalue weighted by atomic mass is 19.4. The van der Waals surface area contributed by atoms with E-state index in [4.69, 9.17) is 0 Å². The summed E-state index contributed by atoms with van der Waals surface area (Å²) in [7, 11) is 0. The average Bonchev–Trinajstić information content (AvgIpc) is 3.18. The summed E-state index contributed by atoms with van der Waals surface area (Å²) in [6.07, 6.45) is -12.1. The Hall–Kier alpha value is -3.70. The maximum absolute atomic E-state index is 15.0. The van der Waals surface area contributed by atoms with Gasteiger partial charge in [-0.25, -0.2) is 19.2 Å². The fourth-order valence-electron chi connectivity index (χ4n) is 5.22. The minimum atomic E-state index is -6.06. The second-order valence-electron chi connectivity index (χ2n) is 8.70. The predicted octanol–water partition coefficient (Wildman–Crippen LogP) is 5.26. The van der Waals surface area contributed by atoms with Crippen LogP contribution in [0.25, 0.3) is 0 Å². The zero-order valence-corrected chi connectivity index (χ0v) is 19.3. The van der Waals surface area contributed by atoms with Crippen LogP contribution >= 0.6 is 0 Å². The molecule has 6 nitrogen and oxygen atoms in total. The summed E-state index contributed by atoms with van der Waals surface area (Å²) in [6.45, 7) is 5.05. The van der Waals surface area contributed by atoms with Crippen molar-refractivity contribution in [2.24, 2.45) is 0 Å². The van der Waals surface area contributed by atoms with Crippen molar-refractivity contribution in [3.8, 4) is 0 Å². The molecule has 0 aromatic heterocycles. The van der Waals surface area contributed by atoms with Crippen LogP contribution in [0.1, 0.15) is 80.4 Å². The predicted molar refractivity (Wildman–Crippen MR) is 109 cm³/mol. The van der Waals surface area contributed by atoms with Gasteiger partial charge in [-0.2, -0.15) is 26.3 Å². The van der Waals surface area contributed by atoms with Crippen molar-refractivity contribution < 1.29 is 55.0 Å². The summed E-state index contributed by atoms with van der Waals surface area (Å²) in [5.41, 5.74) is -12.1. The molecule has 4 rings (SSSR count). The Kier molecular flexibility index (Phi) is 5.22. The Morgan fingerprint density at radius 2 is 0.972 bits per heavy atom. The molecule has 0 spiro atoms. The molecule has 190 valence electrons. The first-order valence-corrected chi connectivity index (χ1v) is 10.3. The maximum atomic E-state index is 15.0. The molecule has 0 amide bonds. The van der Waals surface area contributed by atoms with Crippen molar-refractivity contribution in [1.29, 1.82) is 0 Å². The third-order valence-corrected chi connectivity index (χ3v) is 7.04. The number of hydrogen-bond donors (Lipinski definition) is 0. The maximum Gasteiger partial charge on any atom is 0.411 e. The minimum absolute atomic E-state index is 0.288. The van der Waals surface area contributed by atoms with Gasteiger partial charge >= 0.3 is 36.2 Å². The highest BCUT2D eigenvalue weighted by molar-refractivity contribution is 6.17. The van der Waals surface area contributed by atoms with Gasteiger partial charge in [0.1, 0.15) is 0 Å². The third-order valence-electron chi connectivity index (χ3n) is 7.04. The topological polar surface area (TPSA) is 86.7 Å². The molecule has 2 heterocycles. The van der Waals surface area contributed by atoms with Gasteiger partial charge in [-0.1, -0.05) is 0 Å². The molecule has 0 radical (unpaired) electrons. The first kappa shape index (κ1) is 25.4. The van der Waals surface area contributed by atoms with Gasteiger partial charge in [-0.05, 0) is 79.6 Å². The lowest BCUT2D eigenvalue weighted by Gasteiger charge is -2.42. The molecule has 0 aliphatic carbocycles. The van der Waals surface area contributed by atoms with Crippen LogP contribution < -0.4 is 0 Å². The first-order valence-electron chi connectivity index (χ1n) is 10.3. The third kappa shape index (κ3) is 2.93. The van der Waals surface area contributed by atoms with Gasteiger partial charge in [-0.3, -0.25) is 0 Å². The summed E-state index contributed by atoms with van der Waals surface area (Å²) in [5.74, 6) is -5.12. The summed E-state index contributed by atoms with van der Waals surface area (Å²) in [4.78, 5) is 48.7. The van der Waals surface area contributed by atoms with Gasteiger partial charge in [0, 0.05) is 0 Å². The quantitative estimate of drug-likeness (QED) is 0.309. The molecule has 36 heavy (non-hydrogen) atoms. The molecule has 0 N–H and O–H groups in total. The molecular weight excluding hydrogens is 498 g/mol. The summed E-state index contributed by atoms with van der Waals surface area (Å²) >= 11 is 0. The fourth-order valence-corrected chi connectivity index (χ4v) is 5.22. The molecule has 2 aromatic rings. The Balaban J connectivity index is 2.30. The van der Waals surface area contributed by atoms with E-state index in [1.165, 1.54) is 0 Å². The number of carbonyl (C=O) groups is 4. The highest BCUT2D eigenvalue weighted by Gasteiger charge is 2.74. The van der Waals surface area contributed by atoms with E-state index in [1.807, 2.05) is 0 Å². The van der Waals surface area contributed by atoms with Gasteiger partial charge < -0.3 is 9.47 Å². The van der Waals surface area contributed by atoms with Crippen LogP contribution in [0.2, 0.25) is 0 Å². The molecule has 2 aromatic carbocycles. The van der Waals surface area contributed by atoms with Gasteiger partial charge in [-0.15, -0.1) is 0 Å². The fraction of sp³-hybridized carbons (Fsp3) is 0.333. The number of hydrogen-bond acceptors (Lipinski definition) is 6. The molecule has 0 saturated carbocycles. The van der Waals surface area contributed by atoms with Gasteiger partial charge in [0.2, 0.25) is 5.41 Å². The number of esters is 4. The Bertz CT molecular complexity index is 1420. The Morgan fingerprint density at radius 3 is 1.47 bits per heavy atom. The summed E-state index contributed by atoms with van der Waals surface area (Å²) in [5, 5.41) is 0. The second-order valence-corrected chi connectivity index (χ2v) is 8.70. The molecule has 2 aliphatic rings. The van der Waals surface area contributed by atoms with E-state index in [0.29, 0.717) is 6.07 Å². The van der Waals surface area contributed by atoms with Crippen molar-refractivity contribution in [2.75, 3.05) is 0 Å². The zero-order valence-electron chi connectivity index (χ0n) is 19.3. The lowest BCUT2D eigenvalue weighted by Crippen LogP contribution is -2.56. The number of halogens is 6. The van der Waals surface area contributed by atoms with Crippen molar-refractivity contribution in [2.45, 2.75) is 52.4 Å². The molecule has 0 atom stereocenters. The number of alkyl halides is 6. The van der Waals surface area contributed by atoms with Crippen LogP contribution in [0.15, 0.2) is 6.07 Å². The van der Waals surface area contributed by atoms with Crippen LogP contribution in [0.5, 0.6) is 0 Å². The van der Waals surface area contributed by atoms with Crippen LogP contribution in [-0.4, -0.2) is 36.2 Å². The largest absolute Gasteiger partial charge is 0.411 e. The van der Waals surface area contributed by atoms with E-state index in [9.17, 15) is 19.2 Å². The van der Waals surface area contributed by atoms with E-state index in [2.05, 4.69) is 9.47 Å². The van der Waals surface area contributed by atoms with Crippen LogP contribution in [0, 0.1) is 34.6 Å². The molecule has 0 bridgehead atoms. The SMILES string of the molecule is Cc1c(C(c2c(C)c(C)c3c(c2C)C(=O)OC3=O)(C(F)(F)F)C(F)(F)F)cc2c(c1C)C(=O)OC2=O. The molecule has 12 heteroatoms. The first-order chi connectivity index (χ1) is 16.4. The number of cyclic esters (lactones) is 4. The number of fused-ring (bicyclic) bond motifs is 2.